The Hall–Kier alpha value is -2.40. The number of pyridine rings is 1. The summed E-state index contributed by atoms with van der Waals surface area (Å²) in [7, 11) is 0. The molecule has 0 bridgehead atoms. The molecule has 1 amide bonds. The molecule has 2 aromatic rings. The maximum absolute atomic E-state index is 12.2. The van der Waals surface area contributed by atoms with Gasteiger partial charge in [0.15, 0.2) is 0 Å². The van der Waals surface area contributed by atoms with E-state index in [4.69, 9.17) is 4.74 Å². The molecule has 1 aliphatic rings. The van der Waals surface area contributed by atoms with E-state index in [9.17, 15) is 9.59 Å². The van der Waals surface area contributed by atoms with Gasteiger partial charge in [0, 0.05) is 18.8 Å². The van der Waals surface area contributed by atoms with Crippen molar-refractivity contribution in [2.24, 2.45) is 5.92 Å². The van der Waals surface area contributed by atoms with Gasteiger partial charge in [-0.25, -0.2) is 0 Å². The second-order valence-corrected chi connectivity index (χ2v) is 6.28. The summed E-state index contributed by atoms with van der Waals surface area (Å²) in [5.41, 5.74) is 2.53. The molecule has 0 saturated carbocycles. The second-order valence-electron chi connectivity index (χ2n) is 6.28. The molecule has 0 spiro atoms. The van der Waals surface area contributed by atoms with E-state index in [-0.39, 0.29) is 17.0 Å². The van der Waals surface area contributed by atoms with Gasteiger partial charge in [0.05, 0.1) is 6.61 Å². The van der Waals surface area contributed by atoms with Crippen molar-refractivity contribution in [2.45, 2.75) is 19.8 Å². The highest BCUT2D eigenvalue weighted by atomic mass is 16.5. The number of carbonyl (C=O) groups excluding carboxylic acids is 1. The van der Waals surface area contributed by atoms with Gasteiger partial charge in [-0.2, -0.15) is 0 Å². The smallest absolute Gasteiger partial charge is 0.261 e. The van der Waals surface area contributed by atoms with Gasteiger partial charge in [0.2, 0.25) is 0 Å². The molecule has 1 atom stereocenters. The lowest BCUT2D eigenvalue weighted by atomic mass is 10.0. The third-order valence-corrected chi connectivity index (χ3v) is 4.29. The first-order valence-electron chi connectivity index (χ1n) is 8.30. The minimum Gasteiger partial charge on any atom is -0.381 e. The van der Waals surface area contributed by atoms with Gasteiger partial charge in [0.25, 0.3) is 11.5 Å². The number of hydrogen-bond acceptors (Lipinski definition) is 3. The van der Waals surface area contributed by atoms with Crippen LogP contribution in [-0.2, 0) is 4.74 Å². The Morgan fingerprint density at radius 2 is 2.21 bits per heavy atom. The quantitative estimate of drug-likeness (QED) is 0.907. The zero-order chi connectivity index (χ0) is 16.9. The van der Waals surface area contributed by atoms with Crippen LogP contribution < -0.4 is 10.9 Å². The summed E-state index contributed by atoms with van der Waals surface area (Å²) in [5.74, 6) is -0.00837. The number of rotatable bonds is 4. The Labute approximate surface area is 141 Å². The van der Waals surface area contributed by atoms with Crippen molar-refractivity contribution in [2.75, 3.05) is 19.8 Å². The van der Waals surface area contributed by atoms with Gasteiger partial charge in [-0.3, -0.25) is 9.59 Å². The molecule has 0 aliphatic carbocycles. The first-order valence-corrected chi connectivity index (χ1v) is 8.30. The van der Waals surface area contributed by atoms with Crippen LogP contribution in [0, 0.1) is 12.8 Å². The molecule has 5 heteroatoms. The van der Waals surface area contributed by atoms with E-state index in [1.165, 1.54) is 0 Å². The van der Waals surface area contributed by atoms with E-state index >= 15 is 0 Å². The highest BCUT2D eigenvalue weighted by Crippen LogP contribution is 2.17. The van der Waals surface area contributed by atoms with Crippen molar-refractivity contribution in [3.05, 3.63) is 57.9 Å². The topological polar surface area (TPSA) is 71.2 Å². The normalized spacial score (nSPS) is 17.5. The molecule has 1 fully saturated rings. The number of aryl methyl sites for hydroxylation is 1. The number of nitrogens with one attached hydrogen (secondary N) is 2. The van der Waals surface area contributed by atoms with Gasteiger partial charge in [0.1, 0.15) is 5.56 Å². The Balaban J connectivity index is 1.70. The number of aromatic amines is 1. The van der Waals surface area contributed by atoms with Crippen LogP contribution >= 0.6 is 0 Å². The molecule has 2 heterocycles. The summed E-state index contributed by atoms with van der Waals surface area (Å²) in [6, 6.07) is 11.2. The molecular weight excluding hydrogens is 304 g/mol. The number of hydrogen-bond donors (Lipinski definition) is 2. The minimum atomic E-state index is -0.369. The van der Waals surface area contributed by atoms with Crippen LogP contribution in [-0.4, -0.2) is 30.6 Å². The van der Waals surface area contributed by atoms with Gasteiger partial charge >= 0.3 is 0 Å². The average Bonchev–Trinajstić information content (AvgIpc) is 2.60. The summed E-state index contributed by atoms with van der Waals surface area (Å²) < 4.78 is 5.40. The van der Waals surface area contributed by atoms with Crippen molar-refractivity contribution in [3.8, 4) is 11.3 Å². The molecule has 24 heavy (non-hydrogen) atoms. The number of carbonyl (C=O) groups is 1. The Morgan fingerprint density at radius 3 is 2.92 bits per heavy atom. The summed E-state index contributed by atoms with van der Waals surface area (Å²) in [4.78, 5) is 27.3. The third kappa shape index (κ3) is 3.92. The first-order chi connectivity index (χ1) is 11.6. The van der Waals surface area contributed by atoms with E-state index in [1.54, 1.807) is 12.1 Å². The Kier molecular flexibility index (Phi) is 5.11. The molecule has 1 aromatic carbocycles. The van der Waals surface area contributed by atoms with Crippen LogP contribution in [0.3, 0.4) is 0 Å². The number of benzene rings is 1. The van der Waals surface area contributed by atoms with E-state index in [1.807, 2.05) is 31.2 Å². The van der Waals surface area contributed by atoms with Gasteiger partial charge in [-0.05, 0) is 49.4 Å². The number of ether oxygens (including phenoxy) is 1. The van der Waals surface area contributed by atoms with Crippen molar-refractivity contribution >= 4 is 5.91 Å². The third-order valence-electron chi connectivity index (χ3n) is 4.29. The molecular formula is C19H22N2O3. The fourth-order valence-corrected chi connectivity index (χ4v) is 2.93. The van der Waals surface area contributed by atoms with Crippen LogP contribution in [0.15, 0.2) is 41.2 Å². The number of amides is 1. The summed E-state index contributed by atoms with van der Waals surface area (Å²) in [5, 5.41) is 2.84. The molecule has 0 radical (unpaired) electrons. The number of H-pyrrole nitrogens is 1. The molecule has 3 rings (SSSR count). The highest BCUT2D eigenvalue weighted by molar-refractivity contribution is 5.94. The minimum absolute atomic E-state index is 0.142. The van der Waals surface area contributed by atoms with Crippen molar-refractivity contribution < 1.29 is 9.53 Å². The van der Waals surface area contributed by atoms with Crippen LogP contribution in [0.1, 0.15) is 28.8 Å². The van der Waals surface area contributed by atoms with Crippen molar-refractivity contribution in [1.29, 1.82) is 0 Å². The zero-order valence-electron chi connectivity index (χ0n) is 13.8. The fourth-order valence-electron chi connectivity index (χ4n) is 2.93. The highest BCUT2D eigenvalue weighted by Gasteiger charge is 2.17. The molecule has 1 aromatic heterocycles. The van der Waals surface area contributed by atoms with Crippen molar-refractivity contribution in [1.82, 2.24) is 10.3 Å². The van der Waals surface area contributed by atoms with Crippen LogP contribution in [0.25, 0.3) is 11.3 Å². The lowest BCUT2D eigenvalue weighted by Gasteiger charge is -2.22. The van der Waals surface area contributed by atoms with Crippen LogP contribution in [0.5, 0.6) is 0 Å². The van der Waals surface area contributed by atoms with Crippen LogP contribution in [0.4, 0.5) is 0 Å². The Bertz CT molecular complexity index is 776. The monoisotopic (exact) mass is 326 g/mol. The Morgan fingerprint density at radius 1 is 1.33 bits per heavy atom. The van der Waals surface area contributed by atoms with E-state index in [2.05, 4.69) is 10.3 Å². The molecule has 1 aliphatic heterocycles. The average molecular weight is 326 g/mol. The molecule has 1 saturated heterocycles. The lowest BCUT2D eigenvalue weighted by Crippen LogP contribution is -2.35. The van der Waals surface area contributed by atoms with E-state index in [0.717, 1.165) is 30.6 Å². The molecule has 126 valence electrons. The van der Waals surface area contributed by atoms with E-state index in [0.29, 0.717) is 24.8 Å². The van der Waals surface area contributed by atoms with Crippen LogP contribution in [0.2, 0.25) is 0 Å². The van der Waals surface area contributed by atoms with Gasteiger partial charge < -0.3 is 15.0 Å². The predicted octanol–water partition coefficient (Wildman–Crippen LogP) is 2.51. The van der Waals surface area contributed by atoms with E-state index < -0.39 is 0 Å². The standard InChI is InChI=1S/C19H22N2O3/c1-13-4-2-6-15(10-13)17-8-7-16(19(23)21-17)18(22)20-11-14-5-3-9-24-12-14/h2,4,6-8,10,14H,3,5,9,11-12H2,1H3,(H,20,22)(H,21,23)/t14-/m0/s1. The first kappa shape index (κ1) is 16.5. The SMILES string of the molecule is Cc1cccc(-c2ccc(C(=O)NC[C@@H]3CCCOC3)c(=O)[nH]2)c1. The predicted molar refractivity (Wildman–Crippen MR) is 93.1 cm³/mol. The summed E-state index contributed by atoms with van der Waals surface area (Å²) in [6.07, 6.45) is 2.06. The van der Waals surface area contributed by atoms with Gasteiger partial charge in [-0.1, -0.05) is 23.8 Å². The second kappa shape index (κ2) is 7.45. The summed E-state index contributed by atoms with van der Waals surface area (Å²) in [6.45, 7) is 4.00. The number of aromatic nitrogens is 1. The van der Waals surface area contributed by atoms with Gasteiger partial charge in [-0.15, -0.1) is 0 Å². The maximum Gasteiger partial charge on any atom is 0.261 e. The molecule has 2 N–H and O–H groups in total. The zero-order valence-corrected chi connectivity index (χ0v) is 13.8. The lowest BCUT2D eigenvalue weighted by molar-refractivity contribution is 0.0536. The fraction of sp³-hybridized carbons (Fsp3) is 0.368. The molecule has 5 nitrogen and oxygen atoms in total. The summed E-state index contributed by atoms with van der Waals surface area (Å²) >= 11 is 0. The molecule has 0 unspecified atom stereocenters. The maximum atomic E-state index is 12.2. The largest absolute Gasteiger partial charge is 0.381 e. The van der Waals surface area contributed by atoms with Crippen molar-refractivity contribution in [3.63, 3.8) is 0 Å².